The van der Waals surface area contributed by atoms with Crippen LogP contribution in [-0.4, -0.2) is 30.2 Å². The fraction of sp³-hybridized carbons (Fsp3) is 0.364. The van der Waals surface area contributed by atoms with Gasteiger partial charge in [0.2, 0.25) is 11.8 Å². The van der Waals surface area contributed by atoms with E-state index in [1.54, 1.807) is 12.3 Å². The van der Waals surface area contributed by atoms with Gasteiger partial charge < -0.3 is 19.5 Å². The van der Waals surface area contributed by atoms with Crippen molar-refractivity contribution in [3.8, 4) is 17.4 Å². The topological polar surface area (TPSA) is 69.7 Å². The molecule has 1 aromatic carbocycles. The number of amides is 1. The number of pyridine rings is 1. The lowest BCUT2D eigenvalue weighted by molar-refractivity contribution is -0.116. The zero-order valence-corrected chi connectivity index (χ0v) is 16.5. The van der Waals surface area contributed by atoms with E-state index in [1.807, 2.05) is 45.0 Å². The zero-order valence-electron chi connectivity index (χ0n) is 16.5. The first-order valence-electron chi connectivity index (χ1n) is 9.59. The van der Waals surface area contributed by atoms with Gasteiger partial charge in [-0.2, -0.15) is 0 Å². The lowest BCUT2D eigenvalue weighted by Crippen LogP contribution is -2.20. The molecule has 0 saturated heterocycles. The minimum atomic E-state index is -0.205. The molecule has 0 radical (unpaired) electrons. The van der Waals surface area contributed by atoms with Crippen LogP contribution in [-0.2, 0) is 17.8 Å². The van der Waals surface area contributed by atoms with E-state index in [4.69, 9.17) is 14.2 Å². The second kappa shape index (κ2) is 9.26. The van der Waals surface area contributed by atoms with Crippen LogP contribution in [0.25, 0.3) is 6.08 Å². The standard InChI is InChI=1S/C22H26N2O4/c1-4-26-19-13-18-11-15(3)28-20(18)12-16(19)8-9-21(25)24-14-17-7-6-10-23-22(17)27-5-2/h6-10,12-13,15H,4-5,11,14H2,1-3H3,(H,24,25)/b9-8+. The van der Waals surface area contributed by atoms with Gasteiger partial charge >= 0.3 is 0 Å². The molecule has 0 fully saturated rings. The number of carbonyl (C=O) groups excluding carboxylic acids is 1. The Morgan fingerprint density at radius 3 is 2.93 bits per heavy atom. The summed E-state index contributed by atoms with van der Waals surface area (Å²) in [6.07, 6.45) is 5.94. The number of rotatable bonds is 8. The highest BCUT2D eigenvalue weighted by molar-refractivity contribution is 5.92. The third-order valence-electron chi connectivity index (χ3n) is 4.33. The molecule has 1 atom stereocenters. The smallest absolute Gasteiger partial charge is 0.244 e. The van der Waals surface area contributed by atoms with E-state index in [1.165, 1.54) is 6.08 Å². The second-order valence-electron chi connectivity index (χ2n) is 6.52. The Kier molecular flexibility index (Phi) is 6.53. The van der Waals surface area contributed by atoms with Crippen LogP contribution in [0.15, 0.2) is 36.5 Å². The average molecular weight is 382 g/mol. The molecule has 28 heavy (non-hydrogen) atoms. The molecular weight excluding hydrogens is 356 g/mol. The molecule has 0 saturated carbocycles. The first-order valence-corrected chi connectivity index (χ1v) is 9.59. The van der Waals surface area contributed by atoms with E-state index in [2.05, 4.69) is 10.3 Å². The van der Waals surface area contributed by atoms with Crippen molar-refractivity contribution in [2.75, 3.05) is 13.2 Å². The average Bonchev–Trinajstić information content (AvgIpc) is 3.04. The van der Waals surface area contributed by atoms with Gasteiger partial charge in [0.1, 0.15) is 17.6 Å². The molecule has 2 heterocycles. The highest BCUT2D eigenvalue weighted by atomic mass is 16.5. The Balaban J connectivity index is 1.68. The molecular formula is C22H26N2O4. The van der Waals surface area contributed by atoms with Crippen molar-refractivity contribution in [1.82, 2.24) is 10.3 Å². The van der Waals surface area contributed by atoms with Crippen molar-refractivity contribution >= 4 is 12.0 Å². The Bertz CT molecular complexity index is 864. The molecule has 1 amide bonds. The summed E-state index contributed by atoms with van der Waals surface area (Å²) in [6, 6.07) is 7.64. The van der Waals surface area contributed by atoms with Crippen LogP contribution in [0.2, 0.25) is 0 Å². The van der Waals surface area contributed by atoms with Crippen molar-refractivity contribution in [3.05, 3.63) is 53.2 Å². The normalized spacial score (nSPS) is 15.2. The van der Waals surface area contributed by atoms with E-state index < -0.39 is 0 Å². The lowest BCUT2D eigenvalue weighted by atomic mass is 10.1. The maximum Gasteiger partial charge on any atom is 0.244 e. The molecule has 0 spiro atoms. The zero-order chi connectivity index (χ0) is 19.9. The summed E-state index contributed by atoms with van der Waals surface area (Å²) in [7, 11) is 0. The Morgan fingerprint density at radius 1 is 1.32 bits per heavy atom. The number of nitrogens with one attached hydrogen (secondary N) is 1. The molecule has 1 aliphatic heterocycles. The third kappa shape index (κ3) is 4.82. The van der Waals surface area contributed by atoms with Crippen molar-refractivity contribution < 1.29 is 19.0 Å². The van der Waals surface area contributed by atoms with Gasteiger partial charge in [0, 0.05) is 41.9 Å². The second-order valence-corrected chi connectivity index (χ2v) is 6.52. The van der Waals surface area contributed by atoms with Gasteiger partial charge in [-0.15, -0.1) is 0 Å². The van der Waals surface area contributed by atoms with Crippen LogP contribution in [0.1, 0.15) is 37.5 Å². The highest BCUT2D eigenvalue weighted by Gasteiger charge is 2.21. The molecule has 1 N–H and O–H groups in total. The van der Waals surface area contributed by atoms with Crippen LogP contribution in [0.5, 0.6) is 17.4 Å². The van der Waals surface area contributed by atoms with Gasteiger partial charge in [0.25, 0.3) is 0 Å². The van der Waals surface area contributed by atoms with Crippen LogP contribution in [0, 0.1) is 0 Å². The summed E-state index contributed by atoms with van der Waals surface area (Å²) < 4.78 is 17.0. The van der Waals surface area contributed by atoms with Crippen molar-refractivity contribution in [1.29, 1.82) is 0 Å². The van der Waals surface area contributed by atoms with E-state index in [0.717, 1.165) is 34.6 Å². The van der Waals surface area contributed by atoms with Gasteiger partial charge in [-0.3, -0.25) is 4.79 Å². The monoisotopic (exact) mass is 382 g/mol. The molecule has 6 nitrogen and oxygen atoms in total. The molecule has 1 unspecified atom stereocenters. The number of aromatic nitrogens is 1. The van der Waals surface area contributed by atoms with E-state index in [9.17, 15) is 4.79 Å². The number of benzene rings is 1. The fourth-order valence-electron chi connectivity index (χ4n) is 3.10. The molecule has 0 aliphatic carbocycles. The summed E-state index contributed by atoms with van der Waals surface area (Å²) in [5.74, 6) is 1.95. The maximum atomic E-state index is 12.3. The summed E-state index contributed by atoms with van der Waals surface area (Å²) in [6.45, 7) is 7.31. The lowest BCUT2D eigenvalue weighted by Gasteiger charge is -2.10. The van der Waals surface area contributed by atoms with E-state index >= 15 is 0 Å². The Hall–Kier alpha value is -3.02. The van der Waals surface area contributed by atoms with Crippen LogP contribution < -0.4 is 19.5 Å². The quantitative estimate of drug-likeness (QED) is 0.708. The van der Waals surface area contributed by atoms with Gasteiger partial charge in [-0.1, -0.05) is 6.07 Å². The molecule has 6 heteroatoms. The van der Waals surface area contributed by atoms with Crippen molar-refractivity contribution in [2.24, 2.45) is 0 Å². The number of nitrogens with zero attached hydrogens (tertiary/aromatic N) is 1. The van der Waals surface area contributed by atoms with Gasteiger partial charge in [-0.05, 0) is 45.0 Å². The Morgan fingerprint density at radius 2 is 2.14 bits per heavy atom. The largest absolute Gasteiger partial charge is 0.493 e. The maximum absolute atomic E-state index is 12.3. The summed E-state index contributed by atoms with van der Waals surface area (Å²) in [4.78, 5) is 16.5. The molecule has 0 bridgehead atoms. The fourth-order valence-corrected chi connectivity index (χ4v) is 3.10. The number of carbonyl (C=O) groups is 1. The van der Waals surface area contributed by atoms with Crippen LogP contribution in [0.3, 0.4) is 0 Å². The van der Waals surface area contributed by atoms with Crippen LogP contribution in [0.4, 0.5) is 0 Å². The van der Waals surface area contributed by atoms with Gasteiger partial charge in [0.05, 0.1) is 13.2 Å². The predicted octanol–water partition coefficient (Wildman–Crippen LogP) is 3.53. The first-order chi connectivity index (χ1) is 13.6. The summed E-state index contributed by atoms with van der Waals surface area (Å²) in [5.41, 5.74) is 2.79. The summed E-state index contributed by atoms with van der Waals surface area (Å²) in [5, 5.41) is 2.86. The first kappa shape index (κ1) is 19.7. The van der Waals surface area contributed by atoms with Crippen molar-refractivity contribution in [2.45, 2.75) is 39.8 Å². The van der Waals surface area contributed by atoms with Crippen LogP contribution >= 0.6 is 0 Å². The molecule has 1 aliphatic rings. The minimum Gasteiger partial charge on any atom is -0.493 e. The summed E-state index contributed by atoms with van der Waals surface area (Å²) >= 11 is 0. The van der Waals surface area contributed by atoms with Gasteiger partial charge in [0.15, 0.2) is 0 Å². The number of hydrogen-bond donors (Lipinski definition) is 1. The number of fused-ring (bicyclic) bond motifs is 1. The number of ether oxygens (including phenoxy) is 3. The highest BCUT2D eigenvalue weighted by Crippen LogP contribution is 2.35. The van der Waals surface area contributed by atoms with Crippen molar-refractivity contribution in [3.63, 3.8) is 0 Å². The van der Waals surface area contributed by atoms with E-state index in [-0.39, 0.29) is 12.0 Å². The predicted molar refractivity (Wildman–Crippen MR) is 108 cm³/mol. The molecule has 1 aromatic heterocycles. The van der Waals surface area contributed by atoms with E-state index in [0.29, 0.717) is 25.6 Å². The van der Waals surface area contributed by atoms with Gasteiger partial charge in [-0.25, -0.2) is 4.98 Å². The molecule has 3 rings (SSSR count). The minimum absolute atomic E-state index is 0.158. The Labute approximate surface area is 165 Å². The third-order valence-corrected chi connectivity index (χ3v) is 4.33. The molecule has 2 aromatic rings. The molecule has 148 valence electrons. The SMILES string of the molecule is CCOc1cc2c(cc1/C=C/C(=O)NCc1cccnc1OCC)OC(C)C2. The number of hydrogen-bond acceptors (Lipinski definition) is 5.